The summed E-state index contributed by atoms with van der Waals surface area (Å²) in [6.45, 7) is 2.02. The van der Waals surface area contributed by atoms with E-state index >= 15 is 0 Å². The molecule has 1 atom stereocenters. The number of carboxylic acids is 1. The molecular formula is C12H15NO6S. The van der Waals surface area contributed by atoms with Crippen LogP contribution in [-0.2, 0) is 26.1 Å². The second kappa shape index (κ2) is 6.67. The van der Waals surface area contributed by atoms with E-state index in [2.05, 4.69) is 0 Å². The summed E-state index contributed by atoms with van der Waals surface area (Å²) in [7, 11) is -1.42. The number of aromatic carboxylic acids is 1. The quantitative estimate of drug-likeness (QED) is 0.827. The third-order valence-corrected chi connectivity index (χ3v) is 4.00. The third-order valence-electron chi connectivity index (χ3n) is 2.82. The van der Waals surface area contributed by atoms with Crippen molar-refractivity contribution in [1.82, 2.24) is 4.90 Å². The van der Waals surface area contributed by atoms with Gasteiger partial charge in [-0.15, -0.1) is 0 Å². The number of morpholine rings is 1. The number of rotatable bonds is 5. The molecule has 0 spiro atoms. The minimum absolute atomic E-state index is 0.0311. The fourth-order valence-electron chi connectivity index (χ4n) is 1.82. The van der Waals surface area contributed by atoms with E-state index in [0.29, 0.717) is 32.1 Å². The van der Waals surface area contributed by atoms with E-state index in [1.54, 1.807) is 4.90 Å². The highest BCUT2D eigenvalue weighted by molar-refractivity contribution is 7.84. The van der Waals surface area contributed by atoms with Crippen LogP contribution in [0.3, 0.4) is 0 Å². The summed E-state index contributed by atoms with van der Waals surface area (Å²) in [5.74, 6) is -1.32. The van der Waals surface area contributed by atoms with E-state index in [1.807, 2.05) is 0 Å². The fourth-order valence-corrected chi connectivity index (χ4v) is 2.85. The second-order valence-electron chi connectivity index (χ2n) is 4.29. The zero-order valence-corrected chi connectivity index (χ0v) is 11.6. The van der Waals surface area contributed by atoms with Gasteiger partial charge in [0.1, 0.15) is 11.5 Å². The first-order valence-corrected chi connectivity index (χ1v) is 7.57. The molecule has 1 aromatic rings. The van der Waals surface area contributed by atoms with Gasteiger partial charge in [-0.3, -0.25) is 9.00 Å². The molecule has 7 nitrogen and oxygen atoms in total. The van der Waals surface area contributed by atoms with Crippen LogP contribution in [0.15, 0.2) is 16.5 Å². The van der Waals surface area contributed by atoms with E-state index in [0.717, 1.165) is 0 Å². The van der Waals surface area contributed by atoms with Gasteiger partial charge in [0.05, 0.1) is 19.0 Å². The van der Waals surface area contributed by atoms with Crippen LogP contribution >= 0.6 is 0 Å². The Balaban J connectivity index is 1.84. The van der Waals surface area contributed by atoms with Gasteiger partial charge in [0, 0.05) is 23.9 Å². The Labute approximate surface area is 118 Å². The summed E-state index contributed by atoms with van der Waals surface area (Å²) < 4.78 is 22.0. The van der Waals surface area contributed by atoms with Crippen LogP contribution in [0.4, 0.5) is 0 Å². The Morgan fingerprint density at radius 1 is 1.30 bits per heavy atom. The molecule has 1 aliphatic heterocycles. The molecule has 110 valence electrons. The van der Waals surface area contributed by atoms with Gasteiger partial charge in [-0.25, -0.2) is 4.79 Å². The molecule has 0 saturated carbocycles. The van der Waals surface area contributed by atoms with Crippen LogP contribution in [0, 0.1) is 0 Å². The SMILES string of the molecule is O=C(O)c1ccc(CS(=O)CC(=O)N2CCOCC2)o1. The van der Waals surface area contributed by atoms with Crippen LogP contribution in [0.25, 0.3) is 0 Å². The number of hydrogen-bond donors (Lipinski definition) is 1. The molecule has 1 saturated heterocycles. The lowest BCUT2D eigenvalue weighted by atomic mass is 10.4. The van der Waals surface area contributed by atoms with Crippen molar-refractivity contribution in [3.05, 3.63) is 23.7 Å². The normalized spacial score (nSPS) is 16.9. The van der Waals surface area contributed by atoms with Crippen molar-refractivity contribution in [3.63, 3.8) is 0 Å². The molecule has 0 radical (unpaired) electrons. The summed E-state index contributed by atoms with van der Waals surface area (Å²) in [6.07, 6.45) is 0. The standard InChI is InChI=1S/C12H15NO6S/c14-11(13-3-5-18-6-4-13)8-20(17)7-9-1-2-10(19-9)12(15)16/h1-2H,3-8H2,(H,15,16). The number of carboxylic acid groups (broad SMARTS) is 1. The maximum absolute atomic E-state index is 11.9. The van der Waals surface area contributed by atoms with E-state index in [9.17, 15) is 13.8 Å². The number of ether oxygens (including phenoxy) is 1. The molecular weight excluding hydrogens is 286 g/mol. The Morgan fingerprint density at radius 3 is 2.60 bits per heavy atom. The first-order valence-electron chi connectivity index (χ1n) is 6.09. The smallest absolute Gasteiger partial charge is 0.371 e. The van der Waals surface area contributed by atoms with Gasteiger partial charge in [-0.1, -0.05) is 0 Å². The summed E-state index contributed by atoms with van der Waals surface area (Å²) >= 11 is 0. The molecule has 8 heteroatoms. The summed E-state index contributed by atoms with van der Waals surface area (Å²) in [5, 5.41) is 8.71. The number of carbonyl (C=O) groups excluding carboxylic acids is 1. The number of nitrogens with zero attached hydrogens (tertiary/aromatic N) is 1. The molecule has 1 fully saturated rings. The van der Waals surface area contributed by atoms with Crippen molar-refractivity contribution < 1.29 is 28.1 Å². The van der Waals surface area contributed by atoms with E-state index in [4.69, 9.17) is 14.3 Å². The monoisotopic (exact) mass is 301 g/mol. The largest absolute Gasteiger partial charge is 0.475 e. The maximum Gasteiger partial charge on any atom is 0.371 e. The third kappa shape index (κ3) is 3.91. The fraction of sp³-hybridized carbons (Fsp3) is 0.500. The zero-order chi connectivity index (χ0) is 14.5. The van der Waals surface area contributed by atoms with Crippen LogP contribution in [-0.4, -0.2) is 58.1 Å². The average Bonchev–Trinajstić information content (AvgIpc) is 2.88. The minimum atomic E-state index is -1.42. The molecule has 1 unspecified atom stereocenters. The Bertz CT molecular complexity index is 520. The summed E-state index contributed by atoms with van der Waals surface area (Å²) in [4.78, 5) is 24.1. The highest BCUT2D eigenvalue weighted by atomic mass is 32.2. The van der Waals surface area contributed by atoms with Gasteiger partial charge < -0.3 is 19.2 Å². The maximum atomic E-state index is 11.9. The van der Waals surface area contributed by atoms with E-state index < -0.39 is 16.8 Å². The van der Waals surface area contributed by atoms with Crippen molar-refractivity contribution in [2.75, 3.05) is 32.1 Å². The Kier molecular flexibility index (Phi) is 4.91. The molecule has 0 bridgehead atoms. The minimum Gasteiger partial charge on any atom is -0.475 e. The van der Waals surface area contributed by atoms with Crippen molar-refractivity contribution in [2.24, 2.45) is 0 Å². The van der Waals surface area contributed by atoms with Crippen LogP contribution in [0.5, 0.6) is 0 Å². The predicted molar refractivity (Wildman–Crippen MR) is 69.8 cm³/mol. The van der Waals surface area contributed by atoms with Crippen molar-refractivity contribution in [2.45, 2.75) is 5.75 Å². The van der Waals surface area contributed by atoms with E-state index in [-0.39, 0.29) is 23.2 Å². The summed E-state index contributed by atoms with van der Waals surface area (Å²) in [6, 6.07) is 2.76. The highest BCUT2D eigenvalue weighted by Gasteiger charge is 2.20. The molecule has 1 N–H and O–H groups in total. The van der Waals surface area contributed by atoms with Crippen molar-refractivity contribution in [3.8, 4) is 0 Å². The van der Waals surface area contributed by atoms with Gasteiger partial charge in [0.25, 0.3) is 0 Å². The number of carbonyl (C=O) groups is 2. The number of furan rings is 1. The molecule has 20 heavy (non-hydrogen) atoms. The molecule has 1 aliphatic rings. The lowest BCUT2D eigenvalue weighted by Gasteiger charge is -2.26. The van der Waals surface area contributed by atoms with Crippen LogP contribution in [0.1, 0.15) is 16.3 Å². The van der Waals surface area contributed by atoms with Crippen LogP contribution in [0.2, 0.25) is 0 Å². The molecule has 2 heterocycles. The average molecular weight is 301 g/mol. The second-order valence-corrected chi connectivity index (χ2v) is 5.75. The highest BCUT2D eigenvalue weighted by Crippen LogP contribution is 2.11. The topological polar surface area (TPSA) is 97.0 Å². The van der Waals surface area contributed by atoms with Gasteiger partial charge in [-0.2, -0.15) is 0 Å². The number of hydrogen-bond acceptors (Lipinski definition) is 5. The molecule has 0 aromatic carbocycles. The lowest BCUT2D eigenvalue weighted by Crippen LogP contribution is -2.42. The van der Waals surface area contributed by atoms with Crippen molar-refractivity contribution >= 4 is 22.7 Å². The molecule has 0 aliphatic carbocycles. The lowest BCUT2D eigenvalue weighted by molar-refractivity contribution is -0.132. The van der Waals surface area contributed by atoms with Gasteiger partial charge in [-0.05, 0) is 12.1 Å². The Hall–Kier alpha value is -1.67. The molecule has 1 aromatic heterocycles. The van der Waals surface area contributed by atoms with Crippen molar-refractivity contribution in [1.29, 1.82) is 0 Å². The van der Waals surface area contributed by atoms with Gasteiger partial charge in [0.15, 0.2) is 0 Å². The van der Waals surface area contributed by atoms with Gasteiger partial charge in [0.2, 0.25) is 11.7 Å². The number of amides is 1. The van der Waals surface area contributed by atoms with Gasteiger partial charge >= 0.3 is 5.97 Å². The van der Waals surface area contributed by atoms with E-state index in [1.165, 1.54) is 12.1 Å². The first kappa shape index (κ1) is 14.7. The molecule has 1 amide bonds. The first-order chi connectivity index (χ1) is 9.56. The summed E-state index contributed by atoms with van der Waals surface area (Å²) in [5.41, 5.74) is 0. The van der Waals surface area contributed by atoms with Crippen LogP contribution < -0.4 is 0 Å². The zero-order valence-electron chi connectivity index (χ0n) is 10.7. The molecule has 2 rings (SSSR count). The predicted octanol–water partition coefficient (Wildman–Crippen LogP) is 0.0853. The Morgan fingerprint density at radius 2 is 2.00 bits per heavy atom.